The van der Waals surface area contributed by atoms with Gasteiger partial charge in [0.15, 0.2) is 5.01 Å². The summed E-state index contributed by atoms with van der Waals surface area (Å²) in [6.45, 7) is 0. The van der Waals surface area contributed by atoms with Crippen LogP contribution in [0, 0.1) is 0 Å². The number of hydrogen-bond donors (Lipinski definition) is 2. The minimum Gasteiger partial charge on any atom is -0.374 e. The summed E-state index contributed by atoms with van der Waals surface area (Å²) in [7, 11) is 0. The van der Waals surface area contributed by atoms with Gasteiger partial charge in [0.05, 0.1) is 5.56 Å². The molecule has 13 heavy (non-hydrogen) atoms. The summed E-state index contributed by atoms with van der Waals surface area (Å²) in [5.41, 5.74) is 5.71. The van der Waals surface area contributed by atoms with Crippen LogP contribution in [0.3, 0.4) is 0 Å². The molecule has 2 rings (SSSR count). The average molecular weight is 194 g/mol. The molecule has 0 aromatic carbocycles. The average Bonchev–Trinajstić information content (AvgIpc) is 2.53. The zero-order chi connectivity index (χ0) is 9.26. The van der Waals surface area contributed by atoms with E-state index >= 15 is 0 Å². The highest BCUT2D eigenvalue weighted by Crippen LogP contribution is 2.20. The molecule has 0 fully saturated rings. The van der Waals surface area contributed by atoms with Crippen molar-refractivity contribution in [2.75, 3.05) is 5.73 Å². The third kappa shape index (κ3) is 1.43. The van der Waals surface area contributed by atoms with Gasteiger partial charge in [0.1, 0.15) is 0 Å². The lowest BCUT2D eigenvalue weighted by Crippen LogP contribution is -2.06. The highest BCUT2D eigenvalue weighted by molar-refractivity contribution is 7.18. The lowest BCUT2D eigenvalue weighted by molar-refractivity contribution is 1.09. The SMILES string of the molecule is Nc1nnc(-c2ccc[nH]c2=O)s1. The third-order valence-electron chi connectivity index (χ3n) is 1.49. The number of anilines is 1. The molecule has 2 aromatic heterocycles. The van der Waals surface area contributed by atoms with E-state index in [1.54, 1.807) is 18.3 Å². The Labute approximate surface area is 77.3 Å². The molecule has 2 aromatic rings. The molecule has 0 radical (unpaired) electrons. The van der Waals surface area contributed by atoms with E-state index in [9.17, 15) is 4.79 Å². The van der Waals surface area contributed by atoms with Crippen LogP contribution in [-0.2, 0) is 0 Å². The summed E-state index contributed by atoms with van der Waals surface area (Å²) in [4.78, 5) is 13.8. The zero-order valence-corrected chi connectivity index (χ0v) is 7.34. The third-order valence-corrected chi connectivity index (χ3v) is 2.27. The van der Waals surface area contributed by atoms with Gasteiger partial charge in [-0.05, 0) is 12.1 Å². The number of aromatic nitrogens is 3. The number of pyridine rings is 1. The molecule has 0 aliphatic rings. The van der Waals surface area contributed by atoms with Gasteiger partial charge in [0, 0.05) is 6.20 Å². The molecule has 0 bridgehead atoms. The fourth-order valence-corrected chi connectivity index (χ4v) is 1.57. The molecule has 0 saturated carbocycles. The highest BCUT2D eigenvalue weighted by atomic mass is 32.1. The largest absolute Gasteiger partial charge is 0.374 e. The van der Waals surface area contributed by atoms with Crippen molar-refractivity contribution < 1.29 is 0 Å². The van der Waals surface area contributed by atoms with Gasteiger partial charge in [0.2, 0.25) is 5.13 Å². The summed E-state index contributed by atoms with van der Waals surface area (Å²) in [5.74, 6) is 0. The van der Waals surface area contributed by atoms with Crippen LogP contribution in [-0.4, -0.2) is 15.2 Å². The molecule has 0 aliphatic carbocycles. The summed E-state index contributed by atoms with van der Waals surface area (Å²) >= 11 is 1.19. The van der Waals surface area contributed by atoms with E-state index in [1.165, 1.54) is 11.3 Å². The van der Waals surface area contributed by atoms with Crippen LogP contribution in [0.4, 0.5) is 5.13 Å². The van der Waals surface area contributed by atoms with Gasteiger partial charge < -0.3 is 10.7 Å². The first-order chi connectivity index (χ1) is 6.27. The zero-order valence-electron chi connectivity index (χ0n) is 6.52. The van der Waals surface area contributed by atoms with Crippen molar-refractivity contribution in [1.29, 1.82) is 0 Å². The van der Waals surface area contributed by atoms with E-state index in [-0.39, 0.29) is 5.56 Å². The van der Waals surface area contributed by atoms with Crippen molar-refractivity contribution in [2.24, 2.45) is 0 Å². The highest BCUT2D eigenvalue weighted by Gasteiger charge is 2.06. The molecule has 2 heterocycles. The van der Waals surface area contributed by atoms with Gasteiger partial charge in [0.25, 0.3) is 5.56 Å². The van der Waals surface area contributed by atoms with Crippen LogP contribution in [0.5, 0.6) is 0 Å². The molecule has 6 heteroatoms. The smallest absolute Gasteiger partial charge is 0.258 e. The van der Waals surface area contributed by atoms with Crippen molar-refractivity contribution >= 4 is 16.5 Å². The quantitative estimate of drug-likeness (QED) is 0.691. The maximum absolute atomic E-state index is 11.3. The second-order valence-corrected chi connectivity index (χ2v) is 3.37. The first kappa shape index (κ1) is 7.93. The molecule has 0 atom stereocenters. The van der Waals surface area contributed by atoms with E-state index in [0.717, 1.165) is 0 Å². The molecule has 0 saturated heterocycles. The van der Waals surface area contributed by atoms with Gasteiger partial charge >= 0.3 is 0 Å². The fourth-order valence-electron chi connectivity index (χ4n) is 0.933. The molecule has 3 N–H and O–H groups in total. The Kier molecular flexibility index (Phi) is 1.82. The number of nitrogen functional groups attached to an aromatic ring is 1. The maximum Gasteiger partial charge on any atom is 0.258 e. The summed E-state index contributed by atoms with van der Waals surface area (Å²) in [5, 5.41) is 8.30. The van der Waals surface area contributed by atoms with Crippen LogP contribution in [0.15, 0.2) is 23.1 Å². The first-order valence-corrected chi connectivity index (χ1v) is 4.36. The molecule has 0 amide bonds. The Hall–Kier alpha value is -1.69. The van der Waals surface area contributed by atoms with E-state index < -0.39 is 0 Å². The number of hydrogen-bond acceptors (Lipinski definition) is 5. The predicted octanol–water partition coefficient (Wildman–Crippen LogP) is 0.476. The Morgan fingerprint density at radius 1 is 1.46 bits per heavy atom. The van der Waals surface area contributed by atoms with Crippen molar-refractivity contribution in [1.82, 2.24) is 15.2 Å². The number of nitrogens with two attached hydrogens (primary N) is 1. The molecule has 5 nitrogen and oxygen atoms in total. The fraction of sp³-hybridized carbons (Fsp3) is 0. The number of rotatable bonds is 1. The topological polar surface area (TPSA) is 84.7 Å². The monoisotopic (exact) mass is 194 g/mol. The molecule has 0 aliphatic heterocycles. The summed E-state index contributed by atoms with van der Waals surface area (Å²) in [6.07, 6.45) is 1.57. The van der Waals surface area contributed by atoms with Gasteiger partial charge in [-0.25, -0.2) is 0 Å². The van der Waals surface area contributed by atoms with Crippen LogP contribution in [0.1, 0.15) is 0 Å². The molecular weight excluding hydrogens is 188 g/mol. The maximum atomic E-state index is 11.3. The van der Waals surface area contributed by atoms with Crippen molar-refractivity contribution in [2.45, 2.75) is 0 Å². The van der Waals surface area contributed by atoms with Crippen LogP contribution >= 0.6 is 11.3 Å². The molecule has 66 valence electrons. The van der Waals surface area contributed by atoms with Crippen molar-refractivity contribution in [3.05, 3.63) is 28.7 Å². The number of nitrogens with zero attached hydrogens (tertiary/aromatic N) is 2. The van der Waals surface area contributed by atoms with E-state index in [0.29, 0.717) is 15.7 Å². The standard InChI is InChI=1S/C7H6N4OS/c8-7-11-10-6(13-7)4-2-1-3-9-5(4)12/h1-3H,(H2,8,11)(H,9,12). The van der Waals surface area contributed by atoms with Crippen molar-refractivity contribution in [3.63, 3.8) is 0 Å². The molecule has 0 unspecified atom stereocenters. The molecule has 0 spiro atoms. The summed E-state index contributed by atoms with van der Waals surface area (Å²) < 4.78 is 0. The Morgan fingerprint density at radius 3 is 2.92 bits per heavy atom. The van der Waals surface area contributed by atoms with Crippen molar-refractivity contribution in [3.8, 4) is 10.6 Å². The lowest BCUT2D eigenvalue weighted by atomic mass is 10.3. The van der Waals surface area contributed by atoms with Gasteiger partial charge in [-0.1, -0.05) is 11.3 Å². The van der Waals surface area contributed by atoms with Gasteiger partial charge in [-0.15, -0.1) is 10.2 Å². The minimum atomic E-state index is -0.182. The Balaban J connectivity index is 2.59. The normalized spacial score (nSPS) is 10.2. The predicted molar refractivity (Wildman–Crippen MR) is 50.4 cm³/mol. The molecular formula is C7H6N4OS. The lowest BCUT2D eigenvalue weighted by Gasteiger charge is -1.90. The van der Waals surface area contributed by atoms with E-state index in [1.807, 2.05) is 0 Å². The van der Waals surface area contributed by atoms with E-state index in [2.05, 4.69) is 15.2 Å². The van der Waals surface area contributed by atoms with E-state index in [4.69, 9.17) is 5.73 Å². The Morgan fingerprint density at radius 2 is 2.31 bits per heavy atom. The minimum absolute atomic E-state index is 0.182. The van der Waals surface area contributed by atoms with Gasteiger partial charge in [-0.2, -0.15) is 0 Å². The van der Waals surface area contributed by atoms with Crippen LogP contribution in [0.2, 0.25) is 0 Å². The van der Waals surface area contributed by atoms with Gasteiger partial charge in [-0.3, -0.25) is 4.79 Å². The van der Waals surface area contributed by atoms with Crippen LogP contribution in [0.25, 0.3) is 10.6 Å². The summed E-state index contributed by atoms with van der Waals surface area (Å²) in [6, 6.07) is 3.41. The van der Waals surface area contributed by atoms with Crippen LogP contribution < -0.4 is 11.3 Å². The Bertz CT molecular complexity index is 475. The number of nitrogens with one attached hydrogen (secondary N) is 1. The second-order valence-electron chi connectivity index (χ2n) is 2.36. The second kappa shape index (κ2) is 2.98. The number of H-pyrrole nitrogens is 1. The first-order valence-electron chi connectivity index (χ1n) is 3.54. The number of aromatic amines is 1.